The van der Waals surface area contributed by atoms with Gasteiger partial charge in [0.15, 0.2) is 0 Å². The molecule has 100 valence electrons. The van der Waals surface area contributed by atoms with E-state index in [2.05, 4.69) is 37.6 Å². The van der Waals surface area contributed by atoms with Crippen molar-refractivity contribution in [1.29, 1.82) is 0 Å². The summed E-state index contributed by atoms with van der Waals surface area (Å²) in [6, 6.07) is 7.70. The van der Waals surface area contributed by atoms with Crippen LogP contribution in [0, 0.1) is 0 Å². The number of rotatable bonds is 5. The summed E-state index contributed by atoms with van der Waals surface area (Å²) < 4.78 is 1.11. The van der Waals surface area contributed by atoms with E-state index >= 15 is 0 Å². The molecule has 2 aromatic rings. The number of hydrogen-bond acceptors (Lipinski definition) is 4. The molecule has 0 atom stereocenters. The minimum atomic E-state index is -0.148. The summed E-state index contributed by atoms with van der Waals surface area (Å²) in [5, 5.41) is 6.01. The fourth-order valence-electron chi connectivity index (χ4n) is 1.55. The van der Waals surface area contributed by atoms with Gasteiger partial charge in [-0.25, -0.2) is 0 Å². The first-order valence-corrected chi connectivity index (χ1v) is 7.52. The summed E-state index contributed by atoms with van der Waals surface area (Å²) in [6.45, 7) is 3.21. The van der Waals surface area contributed by atoms with Crippen LogP contribution in [0.5, 0.6) is 0 Å². The number of anilines is 1. The number of halogens is 1. The average Bonchev–Trinajstić information content (AvgIpc) is 2.83. The highest BCUT2D eigenvalue weighted by Gasteiger charge is 2.06. The largest absolute Gasteiger partial charge is 0.380 e. The molecule has 4 nitrogen and oxygen atoms in total. The standard InChI is InChI=1S/C13H14BrN3OS/c1-2-15-13(18)11-7-9(5-6-16-11)17-8-10-3-4-12(14)19-10/h3-7H,2,8H2,1H3,(H,15,18)(H,16,17). The Morgan fingerprint density at radius 3 is 2.95 bits per heavy atom. The highest BCUT2D eigenvalue weighted by molar-refractivity contribution is 9.11. The second-order valence-corrected chi connectivity index (χ2v) is 6.40. The van der Waals surface area contributed by atoms with Crippen LogP contribution in [0.2, 0.25) is 0 Å². The predicted molar refractivity (Wildman–Crippen MR) is 81.6 cm³/mol. The Morgan fingerprint density at radius 2 is 2.26 bits per heavy atom. The van der Waals surface area contributed by atoms with Crippen molar-refractivity contribution in [3.63, 3.8) is 0 Å². The molecule has 0 aliphatic rings. The molecule has 0 unspecified atom stereocenters. The van der Waals surface area contributed by atoms with Crippen molar-refractivity contribution >= 4 is 38.9 Å². The third-order valence-corrected chi connectivity index (χ3v) is 4.05. The maximum Gasteiger partial charge on any atom is 0.269 e. The Balaban J connectivity index is 2.00. The van der Waals surface area contributed by atoms with E-state index in [0.29, 0.717) is 12.2 Å². The zero-order chi connectivity index (χ0) is 13.7. The van der Waals surface area contributed by atoms with Crippen LogP contribution in [0.15, 0.2) is 34.2 Å². The molecule has 0 spiro atoms. The van der Waals surface area contributed by atoms with E-state index in [9.17, 15) is 4.79 Å². The van der Waals surface area contributed by atoms with Crippen LogP contribution in [0.1, 0.15) is 22.3 Å². The maximum absolute atomic E-state index is 11.7. The van der Waals surface area contributed by atoms with Crippen LogP contribution in [0.3, 0.4) is 0 Å². The summed E-state index contributed by atoms with van der Waals surface area (Å²) in [6.07, 6.45) is 1.64. The number of carbonyl (C=O) groups excluding carboxylic acids is 1. The maximum atomic E-state index is 11.7. The summed E-state index contributed by atoms with van der Waals surface area (Å²) >= 11 is 5.12. The van der Waals surface area contributed by atoms with Crippen LogP contribution in [0.4, 0.5) is 5.69 Å². The van der Waals surface area contributed by atoms with Gasteiger partial charge < -0.3 is 10.6 Å². The predicted octanol–water partition coefficient (Wildman–Crippen LogP) is 3.27. The lowest BCUT2D eigenvalue weighted by molar-refractivity contribution is 0.0951. The molecule has 0 fully saturated rings. The molecule has 6 heteroatoms. The van der Waals surface area contributed by atoms with Gasteiger partial charge in [0.2, 0.25) is 0 Å². The lowest BCUT2D eigenvalue weighted by atomic mass is 10.3. The molecule has 0 aliphatic carbocycles. The van der Waals surface area contributed by atoms with Gasteiger partial charge in [-0.15, -0.1) is 11.3 Å². The van der Waals surface area contributed by atoms with Crippen LogP contribution in [-0.2, 0) is 6.54 Å². The Kier molecular flexibility index (Phi) is 4.93. The lowest BCUT2D eigenvalue weighted by Gasteiger charge is -2.06. The first-order valence-electron chi connectivity index (χ1n) is 5.91. The Bertz CT molecular complexity index is 571. The fraction of sp³-hybridized carbons (Fsp3) is 0.231. The van der Waals surface area contributed by atoms with Gasteiger partial charge in [-0.3, -0.25) is 9.78 Å². The summed E-state index contributed by atoms with van der Waals surface area (Å²) in [4.78, 5) is 17.0. The average molecular weight is 340 g/mol. The minimum Gasteiger partial charge on any atom is -0.380 e. The number of pyridine rings is 1. The summed E-state index contributed by atoms with van der Waals surface area (Å²) in [7, 11) is 0. The Hall–Kier alpha value is -1.40. The SMILES string of the molecule is CCNC(=O)c1cc(NCc2ccc(Br)s2)ccn1. The van der Waals surface area contributed by atoms with Crippen molar-refractivity contribution in [2.45, 2.75) is 13.5 Å². The van der Waals surface area contributed by atoms with E-state index < -0.39 is 0 Å². The van der Waals surface area contributed by atoms with E-state index in [0.717, 1.165) is 16.0 Å². The number of carbonyl (C=O) groups is 1. The monoisotopic (exact) mass is 339 g/mol. The van der Waals surface area contributed by atoms with E-state index in [1.54, 1.807) is 23.6 Å². The fourth-order valence-corrected chi connectivity index (χ4v) is 2.97. The van der Waals surface area contributed by atoms with Crippen LogP contribution >= 0.6 is 27.3 Å². The highest BCUT2D eigenvalue weighted by atomic mass is 79.9. The molecule has 0 aromatic carbocycles. The van der Waals surface area contributed by atoms with Gasteiger partial charge in [0.25, 0.3) is 5.91 Å². The third-order valence-electron chi connectivity index (χ3n) is 2.43. The number of aromatic nitrogens is 1. The minimum absolute atomic E-state index is 0.148. The van der Waals surface area contributed by atoms with Crippen molar-refractivity contribution in [3.8, 4) is 0 Å². The molecule has 2 rings (SSSR count). The van der Waals surface area contributed by atoms with Crippen molar-refractivity contribution in [2.24, 2.45) is 0 Å². The summed E-state index contributed by atoms with van der Waals surface area (Å²) in [5.74, 6) is -0.148. The van der Waals surface area contributed by atoms with Gasteiger partial charge in [0.1, 0.15) is 5.69 Å². The number of nitrogens with zero attached hydrogens (tertiary/aromatic N) is 1. The zero-order valence-corrected chi connectivity index (χ0v) is 12.8. The first kappa shape index (κ1) is 14.0. The number of nitrogens with one attached hydrogen (secondary N) is 2. The van der Waals surface area contributed by atoms with Gasteiger partial charge in [-0.1, -0.05) is 0 Å². The molecule has 0 bridgehead atoms. The van der Waals surface area contributed by atoms with Gasteiger partial charge in [0.05, 0.1) is 3.79 Å². The second-order valence-electron chi connectivity index (χ2n) is 3.85. The van der Waals surface area contributed by atoms with Crippen LogP contribution < -0.4 is 10.6 Å². The van der Waals surface area contributed by atoms with E-state index in [-0.39, 0.29) is 5.91 Å². The Morgan fingerprint density at radius 1 is 1.42 bits per heavy atom. The van der Waals surface area contributed by atoms with Crippen molar-refractivity contribution in [1.82, 2.24) is 10.3 Å². The number of hydrogen-bond donors (Lipinski definition) is 2. The molecule has 2 heterocycles. The van der Waals surface area contributed by atoms with E-state index in [1.165, 1.54) is 4.88 Å². The van der Waals surface area contributed by atoms with Crippen molar-refractivity contribution in [3.05, 3.63) is 44.8 Å². The molecule has 0 aliphatic heterocycles. The van der Waals surface area contributed by atoms with Crippen molar-refractivity contribution < 1.29 is 4.79 Å². The van der Waals surface area contributed by atoms with Gasteiger partial charge >= 0.3 is 0 Å². The molecule has 0 saturated carbocycles. The lowest BCUT2D eigenvalue weighted by Crippen LogP contribution is -2.23. The topological polar surface area (TPSA) is 54.0 Å². The van der Waals surface area contributed by atoms with Crippen LogP contribution in [0.25, 0.3) is 0 Å². The Labute approximate surface area is 124 Å². The van der Waals surface area contributed by atoms with E-state index in [4.69, 9.17) is 0 Å². The molecule has 0 radical (unpaired) electrons. The van der Waals surface area contributed by atoms with Gasteiger partial charge in [0, 0.05) is 29.9 Å². The zero-order valence-electron chi connectivity index (χ0n) is 10.4. The molecular weight excluding hydrogens is 326 g/mol. The number of amides is 1. The molecule has 1 amide bonds. The van der Waals surface area contributed by atoms with Crippen molar-refractivity contribution in [2.75, 3.05) is 11.9 Å². The molecule has 0 saturated heterocycles. The first-order chi connectivity index (χ1) is 9.19. The van der Waals surface area contributed by atoms with Gasteiger partial charge in [-0.05, 0) is 47.1 Å². The highest BCUT2D eigenvalue weighted by Crippen LogP contribution is 2.22. The third kappa shape index (κ3) is 4.04. The summed E-state index contributed by atoms with van der Waals surface area (Å²) in [5.41, 5.74) is 1.32. The molecule has 19 heavy (non-hydrogen) atoms. The quantitative estimate of drug-likeness (QED) is 0.878. The molecule has 2 N–H and O–H groups in total. The van der Waals surface area contributed by atoms with E-state index in [1.807, 2.05) is 19.1 Å². The number of thiophene rings is 1. The second kappa shape index (κ2) is 6.68. The molecular formula is C13H14BrN3OS. The normalized spacial score (nSPS) is 10.2. The van der Waals surface area contributed by atoms with Gasteiger partial charge in [-0.2, -0.15) is 0 Å². The van der Waals surface area contributed by atoms with Crippen LogP contribution in [-0.4, -0.2) is 17.4 Å². The molecule has 2 aromatic heterocycles. The smallest absolute Gasteiger partial charge is 0.269 e.